The number of carbonyl (C=O) groups is 1. The van der Waals surface area contributed by atoms with Crippen LogP contribution in [0.3, 0.4) is 0 Å². The van der Waals surface area contributed by atoms with Gasteiger partial charge in [-0.25, -0.2) is 0 Å². The second-order valence-electron chi connectivity index (χ2n) is 3.45. The van der Waals surface area contributed by atoms with Crippen LogP contribution in [0.25, 0.3) is 0 Å². The second-order valence-corrected chi connectivity index (χ2v) is 3.45. The summed E-state index contributed by atoms with van der Waals surface area (Å²) in [6.07, 6.45) is 2.28. The maximum absolute atomic E-state index is 11.1. The van der Waals surface area contributed by atoms with Crippen LogP contribution >= 0.6 is 0 Å². The summed E-state index contributed by atoms with van der Waals surface area (Å²) >= 11 is 0. The van der Waals surface area contributed by atoms with E-state index < -0.39 is 0 Å². The van der Waals surface area contributed by atoms with Crippen molar-refractivity contribution in [1.82, 2.24) is 4.90 Å². The lowest BCUT2D eigenvalue weighted by Gasteiger charge is -2.24. The van der Waals surface area contributed by atoms with Gasteiger partial charge in [0.15, 0.2) is 0 Å². The van der Waals surface area contributed by atoms with Crippen molar-refractivity contribution >= 4 is 5.91 Å². The first-order chi connectivity index (χ1) is 5.16. The first kappa shape index (κ1) is 8.57. The molecule has 1 amide bonds. The van der Waals surface area contributed by atoms with Crippen molar-refractivity contribution in [3.8, 4) is 0 Å². The van der Waals surface area contributed by atoms with Crippen molar-refractivity contribution in [2.24, 2.45) is 5.92 Å². The topological polar surface area (TPSA) is 20.3 Å². The molecule has 0 spiro atoms. The highest BCUT2D eigenvalue weighted by Crippen LogP contribution is 2.25. The van der Waals surface area contributed by atoms with E-state index in [9.17, 15) is 4.79 Å². The Balaban J connectivity index is 2.61. The molecule has 1 fully saturated rings. The predicted molar refractivity (Wildman–Crippen MR) is 45.2 cm³/mol. The van der Waals surface area contributed by atoms with Gasteiger partial charge in [-0.15, -0.1) is 0 Å². The van der Waals surface area contributed by atoms with Crippen LogP contribution in [0.4, 0.5) is 0 Å². The molecule has 0 N–H and O–H groups in total. The van der Waals surface area contributed by atoms with Gasteiger partial charge in [-0.05, 0) is 18.8 Å². The molecule has 1 rings (SSSR count). The van der Waals surface area contributed by atoms with Crippen molar-refractivity contribution in [3.05, 3.63) is 0 Å². The van der Waals surface area contributed by atoms with Crippen molar-refractivity contribution in [2.75, 3.05) is 6.54 Å². The lowest BCUT2D eigenvalue weighted by Crippen LogP contribution is -2.35. The molecule has 2 nitrogen and oxygen atoms in total. The van der Waals surface area contributed by atoms with Gasteiger partial charge in [-0.2, -0.15) is 0 Å². The molecule has 1 aliphatic heterocycles. The number of hydrogen-bond donors (Lipinski definition) is 0. The summed E-state index contributed by atoms with van der Waals surface area (Å²) in [7, 11) is 0. The standard InChI is InChI=1S/C9H17NO/c1-4-9-7(2)5-6-10(9)8(3)11/h7,9H,4-6H2,1-3H3. The number of amides is 1. The zero-order valence-corrected chi connectivity index (χ0v) is 7.63. The van der Waals surface area contributed by atoms with E-state index >= 15 is 0 Å². The molecule has 0 saturated carbocycles. The molecule has 0 aliphatic carbocycles. The monoisotopic (exact) mass is 155 g/mol. The summed E-state index contributed by atoms with van der Waals surface area (Å²) in [6.45, 7) is 7.02. The van der Waals surface area contributed by atoms with Crippen LogP contribution in [0.2, 0.25) is 0 Å². The molecule has 2 atom stereocenters. The third-order valence-corrected chi connectivity index (χ3v) is 2.71. The minimum Gasteiger partial charge on any atom is -0.340 e. The molecular formula is C9H17NO. The molecule has 1 saturated heterocycles. The van der Waals surface area contributed by atoms with Crippen LogP contribution in [-0.2, 0) is 4.79 Å². The van der Waals surface area contributed by atoms with E-state index in [1.165, 1.54) is 6.42 Å². The number of nitrogens with zero attached hydrogens (tertiary/aromatic N) is 1. The molecule has 2 unspecified atom stereocenters. The van der Waals surface area contributed by atoms with Crippen molar-refractivity contribution in [2.45, 2.75) is 39.7 Å². The second kappa shape index (κ2) is 3.24. The fourth-order valence-electron chi connectivity index (χ4n) is 2.02. The summed E-state index contributed by atoms with van der Waals surface area (Å²) in [6, 6.07) is 0.507. The molecule has 64 valence electrons. The first-order valence-electron chi connectivity index (χ1n) is 4.44. The number of likely N-dealkylation sites (tertiary alicyclic amines) is 1. The fourth-order valence-corrected chi connectivity index (χ4v) is 2.02. The van der Waals surface area contributed by atoms with Gasteiger partial charge in [0.1, 0.15) is 0 Å². The number of hydrogen-bond acceptors (Lipinski definition) is 1. The molecule has 0 bridgehead atoms. The van der Waals surface area contributed by atoms with Gasteiger partial charge in [0.2, 0.25) is 5.91 Å². The van der Waals surface area contributed by atoms with Gasteiger partial charge < -0.3 is 4.90 Å². The fraction of sp³-hybridized carbons (Fsp3) is 0.889. The largest absolute Gasteiger partial charge is 0.340 e. The average molecular weight is 155 g/mol. The lowest BCUT2D eigenvalue weighted by atomic mass is 10.0. The number of rotatable bonds is 1. The summed E-state index contributed by atoms with van der Waals surface area (Å²) < 4.78 is 0. The Morgan fingerprint density at radius 1 is 1.64 bits per heavy atom. The van der Waals surface area contributed by atoms with Gasteiger partial charge in [0.05, 0.1) is 0 Å². The highest BCUT2D eigenvalue weighted by Gasteiger charge is 2.30. The van der Waals surface area contributed by atoms with Crippen molar-refractivity contribution in [3.63, 3.8) is 0 Å². The van der Waals surface area contributed by atoms with Crippen LogP contribution in [0.15, 0.2) is 0 Å². The predicted octanol–water partition coefficient (Wildman–Crippen LogP) is 1.65. The van der Waals surface area contributed by atoms with Crippen molar-refractivity contribution < 1.29 is 4.79 Å². The molecule has 0 aromatic rings. The van der Waals surface area contributed by atoms with Gasteiger partial charge in [-0.1, -0.05) is 13.8 Å². The van der Waals surface area contributed by atoms with Crippen LogP contribution in [-0.4, -0.2) is 23.4 Å². The highest BCUT2D eigenvalue weighted by molar-refractivity contribution is 5.73. The van der Waals surface area contributed by atoms with Crippen LogP contribution in [0.1, 0.15) is 33.6 Å². The van der Waals surface area contributed by atoms with E-state index in [1.54, 1.807) is 6.92 Å². The average Bonchev–Trinajstić information content (AvgIpc) is 2.30. The minimum atomic E-state index is 0.237. The van der Waals surface area contributed by atoms with Gasteiger partial charge in [-0.3, -0.25) is 4.79 Å². The Bertz CT molecular complexity index is 156. The SMILES string of the molecule is CCC1C(C)CCN1C(C)=O. The van der Waals surface area contributed by atoms with E-state index in [0.29, 0.717) is 12.0 Å². The molecule has 1 aliphatic rings. The smallest absolute Gasteiger partial charge is 0.219 e. The van der Waals surface area contributed by atoms with Crippen LogP contribution in [0, 0.1) is 5.92 Å². The third-order valence-electron chi connectivity index (χ3n) is 2.71. The summed E-state index contributed by atoms with van der Waals surface area (Å²) in [5, 5.41) is 0. The first-order valence-corrected chi connectivity index (χ1v) is 4.44. The molecule has 11 heavy (non-hydrogen) atoms. The quantitative estimate of drug-likeness (QED) is 0.564. The molecule has 2 heteroatoms. The van der Waals surface area contributed by atoms with Gasteiger partial charge >= 0.3 is 0 Å². The summed E-state index contributed by atoms with van der Waals surface area (Å²) in [5.74, 6) is 0.935. The Morgan fingerprint density at radius 3 is 2.64 bits per heavy atom. The Morgan fingerprint density at radius 2 is 2.27 bits per heavy atom. The van der Waals surface area contributed by atoms with E-state index in [2.05, 4.69) is 13.8 Å². The van der Waals surface area contributed by atoms with E-state index in [-0.39, 0.29) is 5.91 Å². The van der Waals surface area contributed by atoms with E-state index in [1.807, 2.05) is 4.90 Å². The van der Waals surface area contributed by atoms with Crippen molar-refractivity contribution in [1.29, 1.82) is 0 Å². The van der Waals surface area contributed by atoms with Gasteiger partial charge in [0, 0.05) is 19.5 Å². The lowest BCUT2D eigenvalue weighted by molar-refractivity contribution is -0.129. The zero-order valence-electron chi connectivity index (χ0n) is 7.63. The van der Waals surface area contributed by atoms with Crippen LogP contribution in [0.5, 0.6) is 0 Å². The Hall–Kier alpha value is -0.530. The minimum absolute atomic E-state index is 0.237. The van der Waals surface area contributed by atoms with Gasteiger partial charge in [0.25, 0.3) is 0 Å². The van der Waals surface area contributed by atoms with Crippen LogP contribution < -0.4 is 0 Å². The zero-order chi connectivity index (χ0) is 8.43. The molecule has 0 aromatic heterocycles. The Labute approximate surface area is 68.6 Å². The Kier molecular flexibility index (Phi) is 2.53. The van der Waals surface area contributed by atoms with E-state index in [0.717, 1.165) is 13.0 Å². The maximum Gasteiger partial charge on any atom is 0.219 e. The summed E-state index contributed by atoms with van der Waals surface area (Å²) in [5.41, 5.74) is 0. The maximum atomic E-state index is 11.1. The summed E-state index contributed by atoms with van der Waals surface area (Å²) in [4.78, 5) is 13.1. The molecule has 1 heterocycles. The van der Waals surface area contributed by atoms with E-state index in [4.69, 9.17) is 0 Å². The molecular weight excluding hydrogens is 138 g/mol. The number of carbonyl (C=O) groups excluding carboxylic acids is 1. The third kappa shape index (κ3) is 1.55. The highest BCUT2D eigenvalue weighted by atomic mass is 16.2. The molecule has 0 radical (unpaired) electrons. The molecule has 0 aromatic carbocycles. The normalized spacial score (nSPS) is 31.0.